The van der Waals surface area contributed by atoms with E-state index in [-0.39, 0.29) is 30.9 Å². The molecule has 1 rings (SSSR count). The third-order valence-corrected chi connectivity index (χ3v) is 3.44. The number of hydrogen-bond donors (Lipinski definition) is 6. The molecule has 0 aliphatic carbocycles. The van der Waals surface area contributed by atoms with Gasteiger partial charge in [-0.2, -0.15) is 0 Å². The molecule has 0 saturated heterocycles. The van der Waals surface area contributed by atoms with Crippen LogP contribution in [0, 0.1) is 16.2 Å². The van der Waals surface area contributed by atoms with E-state index < -0.39 is 8.25 Å². The van der Waals surface area contributed by atoms with E-state index in [9.17, 15) is 5.11 Å². The zero-order chi connectivity index (χ0) is 21.2. The summed E-state index contributed by atoms with van der Waals surface area (Å²) in [5.74, 6) is 4.89. The average molecular weight is 470 g/mol. The summed E-state index contributed by atoms with van der Waals surface area (Å²) in [6, 6.07) is 0. The van der Waals surface area contributed by atoms with Crippen molar-refractivity contribution in [2.75, 3.05) is 0 Å². The fourth-order valence-corrected chi connectivity index (χ4v) is 1.72. The van der Waals surface area contributed by atoms with Gasteiger partial charge in [0, 0.05) is 4.57 Å². The molecule has 0 amide bonds. The first-order valence-electron chi connectivity index (χ1n) is 5.06. The van der Waals surface area contributed by atoms with Crippen molar-refractivity contribution < 1.29 is 19.5 Å². The fourth-order valence-electron chi connectivity index (χ4n) is 0.593. The zero-order valence-corrected chi connectivity index (χ0v) is 16.9. The molecule has 0 saturated carbocycles. The van der Waals surface area contributed by atoms with Gasteiger partial charge in [0.25, 0.3) is 0 Å². The lowest BCUT2D eigenvalue weighted by atomic mass is 10.3. The monoisotopic (exact) mass is 468 g/mol. The Labute approximate surface area is 169 Å². The van der Waals surface area contributed by atoms with E-state index in [1.165, 1.54) is 0 Å². The second-order valence-corrected chi connectivity index (χ2v) is 5.10. The van der Waals surface area contributed by atoms with Crippen molar-refractivity contribution in [3.8, 4) is 5.75 Å². The maximum atomic E-state index is 9.20. The molecular formula is C12H12Cl5N3O4P+. The quantitative estimate of drug-likeness (QED) is 0.128. The minimum absolute atomic E-state index is 0.00904. The number of hydrogen-bond acceptors (Lipinski definition) is 5. The first-order chi connectivity index (χ1) is 11.4. The second kappa shape index (κ2) is 20.9. The van der Waals surface area contributed by atoms with Gasteiger partial charge < -0.3 is 5.11 Å². The van der Waals surface area contributed by atoms with Gasteiger partial charge in [0.15, 0.2) is 5.75 Å². The number of phenols is 1. The fraction of sp³-hybridized carbons (Fsp3) is 0. The molecule has 7 nitrogen and oxygen atoms in total. The van der Waals surface area contributed by atoms with Crippen molar-refractivity contribution in [3.05, 3.63) is 44.8 Å². The molecule has 0 radical (unpaired) electrons. The molecule has 25 heavy (non-hydrogen) atoms. The Balaban J connectivity index is -0.000000141. The van der Waals surface area contributed by atoms with Crippen molar-refractivity contribution in [3.63, 3.8) is 0 Å². The minimum Gasteiger partial charge on any atom is -0.505 e. The molecule has 0 bridgehead atoms. The number of aromatic hydroxyl groups is 1. The summed E-state index contributed by atoms with van der Waals surface area (Å²) in [4.78, 5) is 14.2. The van der Waals surface area contributed by atoms with Gasteiger partial charge in [-0.25, -0.2) is 0 Å². The number of phenolic OH excluding ortho intramolecular Hbond substituents is 1. The lowest BCUT2D eigenvalue weighted by molar-refractivity contribution is 0.405. The van der Waals surface area contributed by atoms with Gasteiger partial charge in [-0.3, -0.25) is 16.2 Å². The van der Waals surface area contributed by atoms with E-state index in [0.29, 0.717) is 0 Å². The van der Waals surface area contributed by atoms with Crippen LogP contribution in [0.2, 0.25) is 25.1 Å². The molecular weight excluding hydrogens is 458 g/mol. The molecule has 1 aromatic carbocycles. The molecule has 1 aromatic rings. The summed E-state index contributed by atoms with van der Waals surface area (Å²) in [5, 5.41) is 26.6. The van der Waals surface area contributed by atoms with Gasteiger partial charge in [-0.15, -0.1) is 9.79 Å². The maximum Gasteiger partial charge on any atom is 0.692 e. The molecule has 0 spiro atoms. The van der Waals surface area contributed by atoms with Gasteiger partial charge in [-0.05, 0) is 37.3 Å². The van der Waals surface area contributed by atoms with Crippen LogP contribution in [0.4, 0.5) is 0 Å². The summed E-state index contributed by atoms with van der Waals surface area (Å²) in [7, 11) is -2.87. The molecule has 6 N–H and O–H groups in total. The highest BCUT2D eigenvalue weighted by molar-refractivity contribution is 7.30. The minimum atomic E-state index is -2.87. The van der Waals surface area contributed by atoms with Gasteiger partial charge >= 0.3 is 8.25 Å². The summed E-state index contributed by atoms with van der Waals surface area (Å²) >= 11 is 27.9. The van der Waals surface area contributed by atoms with Crippen molar-refractivity contribution >= 4 is 83.9 Å². The van der Waals surface area contributed by atoms with Crippen molar-refractivity contribution in [1.29, 1.82) is 16.2 Å². The van der Waals surface area contributed by atoms with Gasteiger partial charge in [0.05, 0.1) is 15.1 Å². The van der Waals surface area contributed by atoms with E-state index >= 15 is 0 Å². The lowest BCUT2D eigenvalue weighted by Crippen LogP contribution is -1.78. The lowest BCUT2D eigenvalue weighted by Gasteiger charge is -2.06. The number of rotatable bonds is 0. The van der Waals surface area contributed by atoms with Crippen LogP contribution in [0.25, 0.3) is 0 Å². The first-order valence-corrected chi connectivity index (χ1v) is 8.12. The van der Waals surface area contributed by atoms with Crippen LogP contribution in [-0.2, 0) is 4.57 Å². The van der Waals surface area contributed by atoms with E-state index in [1.807, 2.05) is 0 Å². The van der Waals surface area contributed by atoms with Crippen LogP contribution >= 0.6 is 66.3 Å². The average Bonchev–Trinajstić information content (AvgIpc) is 2.51. The predicted molar refractivity (Wildman–Crippen MR) is 105 cm³/mol. The largest absolute Gasteiger partial charge is 0.692 e. The normalized spacial score (nSPS) is 7.00. The Morgan fingerprint density at radius 3 is 1.00 bits per heavy atom. The highest BCUT2D eigenvalue weighted by Crippen LogP contribution is 2.47. The molecule has 0 heterocycles. The Bertz CT molecular complexity index is 530. The molecule has 0 unspecified atom stereocenters. The van der Waals surface area contributed by atoms with E-state index in [4.69, 9.17) is 88.6 Å². The highest BCUT2D eigenvalue weighted by atomic mass is 35.5. The Kier molecular flexibility index (Phi) is 26.4. The summed E-state index contributed by atoms with van der Waals surface area (Å²) in [5.41, 5.74) is 0. The van der Waals surface area contributed by atoms with Crippen LogP contribution in [0.3, 0.4) is 0 Å². The second-order valence-electron chi connectivity index (χ2n) is 2.70. The van der Waals surface area contributed by atoms with E-state index in [0.717, 1.165) is 0 Å². The highest BCUT2D eigenvalue weighted by Gasteiger charge is 2.18. The smallest absolute Gasteiger partial charge is 0.505 e. The van der Waals surface area contributed by atoms with Crippen LogP contribution in [0.1, 0.15) is 0 Å². The third kappa shape index (κ3) is 19.0. The van der Waals surface area contributed by atoms with Gasteiger partial charge in [-0.1, -0.05) is 58.0 Å². The van der Waals surface area contributed by atoms with E-state index in [2.05, 4.69) is 19.7 Å². The number of benzene rings is 1. The topological polar surface area (TPSA) is 149 Å². The molecule has 0 aliphatic heterocycles. The zero-order valence-electron chi connectivity index (χ0n) is 12.2. The van der Waals surface area contributed by atoms with Gasteiger partial charge in [0.2, 0.25) is 0 Å². The Morgan fingerprint density at radius 1 is 0.720 bits per heavy atom. The van der Waals surface area contributed by atoms with Crippen molar-refractivity contribution in [1.82, 2.24) is 0 Å². The molecule has 0 atom stereocenters. The number of nitrogens with one attached hydrogen (secondary N) is 3. The van der Waals surface area contributed by atoms with Crippen LogP contribution < -0.4 is 0 Å². The van der Waals surface area contributed by atoms with Crippen LogP contribution in [-0.4, -0.2) is 32.5 Å². The van der Waals surface area contributed by atoms with Gasteiger partial charge in [0.1, 0.15) is 10.0 Å². The molecule has 138 valence electrons. The third-order valence-electron chi connectivity index (χ3n) is 1.19. The van der Waals surface area contributed by atoms with Crippen molar-refractivity contribution in [2.24, 2.45) is 0 Å². The molecule has 0 aromatic heterocycles. The SMILES string of the molecule is C=C=N.C=C=N.C=C=N.O=[P+](O)O.Oc1c(Cl)c(Cl)c(Cl)c(Cl)c1Cl. The Morgan fingerprint density at radius 2 is 0.840 bits per heavy atom. The van der Waals surface area contributed by atoms with Crippen LogP contribution in [0.15, 0.2) is 19.7 Å². The molecule has 0 fully saturated rings. The first kappa shape index (κ1) is 31.6. The number of halogens is 5. The van der Waals surface area contributed by atoms with E-state index in [1.54, 1.807) is 17.6 Å². The standard InChI is InChI=1S/C6HCl5O.3C2H3N.HO3P/c7-1-2(8)4(10)6(12)5(11)3(1)9;3*1-2-3;1-4(2)3/h12H;3*3H,1H2;(H-,1,2,3)/p+1. The predicted octanol–water partition coefficient (Wildman–Crippen LogP) is 5.55. The molecule has 0 aliphatic rings. The molecule has 13 heteroatoms. The Hall–Kier alpha value is -1.16. The van der Waals surface area contributed by atoms with Crippen molar-refractivity contribution in [2.45, 2.75) is 0 Å². The van der Waals surface area contributed by atoms with Crippen LogP contribution in [0.5, 0.6) is 5.75 Å². The maximum absolute atomic E-state index is 9.20. The summed E-state index contributed by atoms with van der Waals surface area (Å²) < 4.78 is 8.70. The summed E-state index contributed by atoms with van der Waals surface area (Å²) in [6.07, 6.45) is 0. The summed E-state index contributed by atoms with van der Waals surface area (Å²) in [6.45, 7) is 8.71.